The summed E-state index contributed by atoms with van der Waals surface area (Å²) in [7, 11) is 1.89. The molecule has 1 heterocycles. The molecule has 0 saturated carbocycles. The number of rotatable bonds is 3. The van der Waals surface area contributed by atoms with Crippen LogP contribution in [0.15, 0.2) is 30.3 Å². The molecule has 0 radical (unpaired) electrons. The number of benzene rings is 1. The van der Waals surface area contributed by atoms with E-state index in [1.165, 1.54) is 0 Å². The summed E-state index contributed by atoms with van der Waals surface area (Å²) in [6.07, 6.45) is 0. The Hall–Kier alpha value is -0.990. The second-order valence-corrected chi connectivity index (χ2v) is 4.07. The van der Waals surface area contributed by atoms with Crippen molar-refractivity contribution in [3.05, 3.63) is 41.6 Å². The summed E-state index contributed by atoms with van der Waals surface area (Å²) >= 11 is 11.9. The third-order valence-electron chi connectivity index (χ3n) is 2.58. The lowest BCUT2D eigenvalue weighted by Crippen LogP contribution is -1.96. The van der Waals surface area contributed by atoms with Gasteiger partial charge in [-0.2, -0.15) is 5.10 Å². The third kappa shape index (κ3) is 1.95. The van der Waals surface area contributed by atoms with Gasteiger partial charge in [-0.3, -0.25) is 4.68 Å². The zero-order chi connectivity index (χ0) is 11.5. The van der Waals surface area contributed by atoms with E-state index in [9.17, 15) is 0 Å². The molecule has 0 aliphatic heterocycles. The average Bonchev–Trinajstić information content (AvgIpc) is 2.66. The minimum atomic E-state index is 0.429. The summed E-state index contributed by atoms with van der Waals surface area (Å²) in [5, 5.41) is 4.47. The van der Waals surface area contributed by atoms with Gasteiger partial charge in [0.25, 0.3) is 0 Å². The molecule has 0 unspecified atom stereocenters. The number of hydrogen-bond donors (Lipinski definition) is 0. The highest BCUT2D eigenvalue weighted by molar-refractivity contribution is 6.19. The van der Waals surface area contributed by atoms with Crippen LogP contribution < -0.4 is 0 Å². The summed E-state index contributed by atoms with van der Waals surface area (Å²) in [4.78, 5) is 0. The van der Waals surface area contributed by atoms with Crippen LogP contribution in [0.3, 0.4) is 0 Å². The van der Waals surface area contributed by atoms with Gasteiger partial charge in [0, 0.05) is 18.2 Å². The molecule has 2 nitrogen and oxygen atoms in total. The minimum absolute atomic E-state index is 0.429. The first-order chi connectivity index (χ1) is 7.77. The zero-order valence-corrected chi connectivity index (χ0v) is 10.5. The summed E-state index contributed by atoms with van der Waals surface area (Å²) in [5.74, 6) is 0.860. The molecule has 0 bridgehead atoms. The highest BCUT2D eigenvalue weighted by Crippen LogP contribution is 2.27. The Morgan fingerprint density at radius 2 is 1.81 bits per heavy atom. The second-order valence-electron chi connectivity index (χ2n) is 3.53. The smallest absolute Gasteiger partial charge is 0.0970 e. The maximum absolute atomic E-state index is 5.97. The van der Waals surface area contributed by atoms with E-state index >= 15 is 0 Å². The van der Waals surface area contributed by atoms with Gasteiger partial charge >= 0.3 is 0 Å². The number of alkyl halides is 2. The standard InChI is InChI=1S/C12H12Cl2N2/c1-16-11(8-14)10(7-13)12(15-16)9-5-3-2-4-6-9/h2-6H,7-8H2,1H3. The summed E-state index contributed by atoms with van der Waals surface area (Å²) in [5.41, 5.74) is 4.00. The topological polar surface area (TPSA) is 17.8 Å². The Morgan fingerprint density at radius 1 is 1.12 bits per heavy atom. The molecular formula is C12H12Cl2N2. The quantitative estimate of drug-likeness (QED) is 0.766. The molecule has 84 valence electrons. The van der Waals surface area contributed by atoms with E-state index in [0.29, 0.717) is 11.8 Å². The van der Waals surface area contributed by atoms with Crippen LogP contribution >= 0.6 is 23.2 Å². The van der Waals surface area contributed by atoms with Gasteiger partial charge in [-0.25, -0.2) is 0 Å². The van der Waals surface area contributed by atoms with E-state index in [2.05, 4.69) is 5.10 Å². The van der Waals surface area contributed by atoms with Gasteiger partial charge < -0.3 is 0 Å². The molecule has 4 heteroatoms. The van der Waals surface area contributed by atoms with Crippen molar-refractivity contribution in [2.75, 3.05) is 0 Å². The first-order valence-electron chi connectivity index (χ1n) is 5.00. The van der Waals surface area contributed by atoms with Gasteiger partial charge in [0.2, 0.25) is 0 Å². The average molecular weight is 255 g/mol. The predicted molar refractivity (Wildman–Crippen MR) is 67.8 cm³/mol. The Kier molecular flexibility index (Phi) is 3.52. The molecule has 0 N–H and O–H groups in total. The Balaban J connectivity index is 2.57. The maximum Gasteiger partial charge on any atom is 0.0970 e. The fourth-order valence-electron chi connectivity index (χ4n) is 1.74. The monoisotopic (exact) mass is 254 g/mol. The molecule has 16 heavy (non-hydrogen) atoms. The molecule has 1 aromatic heterocycles. The normalized spacial score (nSPS) is 10.7. The van der Waals surface area contributed by atoms with Crippen molar-refractivity contribution in [2.45, 2.75) is 11.8 Å². The van der Waals surface area contributed by atoms with Crippen LogP contribution in [0, 0.1) is 0 Å². The molecule has 0 fully saturated rings. The van der Waals surface area contributed by atoms with Crippen LogP contribution in [-0.2, 0) is 18.8 Å². The van der Waals surface area contributed by atoms with E-state index in [1.54, 1.807) is 4.68 Å². The SMILES string of the molecule is Cn1nc(-c2ccccc2)c(CCl)c1CCl. The van der Waals surface area contributed by atoms with Crippen molar-refractivity contribution in [3.8, 4) is 11.3 Å². The van der Waals surface area contributed by atoms with E-state index < -0.39 is 0 Å². The molecule has 0 amide bonds. The van der Waals surface area contributed by atoms with Gasteiger partial charge in [-0.15, -0.1) is 23.2 Å². The lowest BCUT2D eigenvalue weighted by molar-refractivity contribution is 0.736. The molecule has 1 aromatic carbocycles. The summed E-state index contributed by atoms with van der Waals surface area (Å²) < 4.78 is 1.80. The Morgan fingerprint density at radius 3 is 2.38 bits per heavy atom. The highest BCUT2D eigenvalue weighted by Gasteiger charge is 2.15. The molecule has 0 atom stereocenters. The van der Waals surface area contributed by atoms with Gasteiger partial charge in [0.1, 0.15) is 0 Å². The van der Waals surface area contributed by atoms with E-state index in [4.69, 9.17) is 23.2 Å². The molecule has 0 aliphatic rings. The molecule has 0 saturated heterocycles. The van der Waals surface area contributed by atoms with Crippen LogP contribution in [-0.4, -0.2) is 9.78 Å². The predicted octanol–water partition coefficient (Wildman–Crippen LogP) is 3.56. The summed E-state index contributed by atoms with van der Waals surface area (Å²) in [6.45, 7) is 0. The van der Waals surface area contributed by atoms with E-state index in [-0.39, 0.29) is 0 Å². The number of aromatic nitrogens is 2. The van der Waals surface area contributed by atoms with Gasteiger partial charge in [-0.1, -0.05) is 30.3 Å². The lowest BCUT2D eigenvalue weighted by Gasteiger charge is -2.00. The van der Waals surface area contributed by atoms with Crippen molar-refractivity contribution in [1.82, 2.24) is 9.78 Å². The molecule has 2 aromatic rings. The van der Waals surface area contributed by atoms with Crippen molar-refractivity contribution >= 4 is 23.2 Å². The van der Waals surface area contributed by atoms with E-state index in [1.807, 2.05) is 37.4 Å². The summed E-state index contributed by atoms with van der Waals surface area (Å²) in [6, 6.07) is 10.0. The fourth-order valence-corrected chi connectivity index (χ4v) is 2.35. The van der Waals surface area contributed by atoms with Crippen LogP contribution in [0.5, 0.6) is 0 Å². The van der Waals surface area contributed by atoms with Gasteiger partial charge in [0.05, 0.1) is 23.1 Å². The lowest BCUT2D eigenvalue weighted by atomic mass is 10.1. The maximum atomic E-state index is 5.97. The second kappa shape index (κ2) is 4.89. The number of nitrogens with zero attached hydrogens (tertiary/aromatic N) is 2. The Bertz CT molecular complexity index is 477. The van der Waals surface area contributed by atoms with Crippen molar-refractivity contribution in [2.24, 2.45) is 7.05 Å². The molecule has 0 aliphatic carbocycles. The highest BCUT2D eigenvalue weighted by atomic mass is 35.5. The van der Waals surface area contributed by atoms with E-state index in [0.717, 1.165) is 22.5 Å². The van der Waals surface area contributed by atoms with Crippen LogP contribution in [0.4, 0.5) is 0 Å². The van der Waals surface area contributed by atoms with Gasteiger partial charge in [-0.05, 0) is 0 Å². The molecule has 0 spiro atoms. The van der Waals surface area contributed by atoms with Crippen molar-refractivity contribution in [1.29, 1.82) is 0 Å². The van der Waals surface area contributed by atoms with Crippen LogP contribution in [0.1, 0.15) is 11.3 Å². The number of halogens is 2. The molecule has 2 rings (SSSR count). The first-order valence-corrected chi connectivity index (χ1v) is 6.07. The molecular weight excluding hydrogens is 243 g/mol. The van der Waals surface area contributed by atoms with Crippen LogP contribution in [0.2, 0.25) is 0 Å². The van der Waals surface area contributed by atoms with Crippen LogP contribution in [0.25, 0.3) is 11.3 Å². The van der Waals surface area contributed by atoms with Crippen molar-refractivity contribution in [3.63, 3.8) is 0 Å². The minimum Gasteiger partial charge on any atom is -0.270 e. The number of aryl methyl sites for hydroxylation is 1. The number of hydrogen-bond acceptors (Lipinski definition) is 1. The van der Waals surface area contributed by atoms with Crippen molar-refractivity contribution < 1.29 is 0 Å². The fraction of sp³-hybridized carbons (Fsp3) is 0.250. The third-order valence-corrected chi connectivity index (χ3v) is 3.10. The zero-order valence-electron chi connectivity index (χ0n) is 8.95. The Labute approximate surface area is 105 Å². The van der Waals surface area contributed by atoms with Gasteiger partial charge in [0.15, 0.2) is 0 Å². The first kappa shape index (κ1) is 11.5. The largest absolute Gasteiger partial charge is 0.270 e.